The SMILES string of the molecule is Cc1cc(OC(C)C)ccc1NC(=O)c1ccc(N2CCCC2=O)cc1. The van der Waals surface area contributed by atoms with E-state index >= 15 is 0 Å². The van der Waals surface area contributed by atoms with Crippen molar-refractivity contribution in [1.29, 1.82) is 0 Å². The lowest BCUT2D eigenvalue weighted by Crippen LogP contribution is -2.23. The summed E-state index contributed by atoms with van der Waals surface area (Å²) in [7, 11) is 0. The van der Waals surface area contributed by atoms with Gasteiger partial charge in [-0.25, -0.2) is 0 Å². The number of nitrogens with zero attached hydrogens (tertiary/aromatic N) is 1. The molecule has 136 valence electrons. The summed E-state index contributed by atoms with van der Waals surface area (Å²) in [6.45, 7) is 6.63. The van der Waals surface area contributed by atoms with Gasteiger partial charge in [0, 0.05) is 29.9 Å². The second-order valence-electron chi connectivity index (χ2n) is 6.79. The maximum atomic E-state index is 12.5. The number of carbonyl (C=O) groups is 2. The van der Waals surface area contributed by atoms with Crippen LogP contribution in [0.1, 0.15) is 42.6 Å². The zero-order chi connectivity index (χ0) is 18.7. The maximum Gasteiger partial charge on any atom is 0.255 e. The van der Waals surface area contributed by atoms with Crippen molar-refractivity contribution in [1.82, 2.24) is 0 Å². The molecule has 0 spiro atoms. The van der Waals surface area contributed by atoms with Gasteiger partial charge in [-0.1, -0.05) is 0 Å². The Morgan fingerprint density at radius 3 is 2.46 bits per heavy atom. The molecule has 0 atom stereocenters. The lowest BCUT2D eigenvalue weighted by Gasteiger charge is -2.16. The summed E-state index contributed by atoms with van der Waals surface area (Å²) in [6.07, 6.45) is 1.59. The van der Waals surface area contributed by atoms with Crippen molar-refractivity contribution in [2.75, 3.05) is 16.8 Å². The number of aryl methyl sites for hydroxylation is 1. The first-order valence-corrected chi connectivity index (χ1v) is 8.93. The lowest BCUT2D eigenvalue weighted by atomic mass is 10.1. The number of hydrogen-bond acceptors (Lipinski definition) is 3. The van der Waals surface area contributed by atoms with Crippen LogP contribution in [-0.2, 0) is 4.79 Å². The Morgan fingerprint density at radius 1 is 1.15 bits per heavy atom. The van der Waals surface area contributed by atoms with Crippen LogP contribution in [0.15, 0.2) is 42.5 Å². The summed E-state index contributed by atoms with van der Waals surface area (Å²) in [6, 6.07) is 12.8. The highest BCUT2D eigenvalue weighted by atomic mass is 16.5. The van der Waals surface area contributed by atoms with E-state index in [0.717, 1.165) is 35.7 Å². The zero-order valence-electron chi connectivity index (χ0n) is 15.4. The second kappa shape index (κ2) is 7.60. The highest BCUT2D eigenvalue weighted by molar-refractivity contribution is 6.05. The van der Waals surface area contributed by atoms with E-state index in [9.17, 15) is 9.59 Å². The molecule has 0 unspecified atom stereocenters. The quantitative estimate of drug-likeness (QED) is 0.879. The van der Waals surface area contributed by atoms with E-state index < -0.39 is 0 Å². The van der Waals surface area contributed by atoms with E-state index in [2.05, 4.69) is 5.32 Å². The molecule has 3 rings (SSSR count). The summed E-state index contributed by atoms with van der Waals surface area (Å²) < 4.78 is 5.67. The molecule has 1 saturated heterocycles. The fourth-order valence-electron chi connectivity index (χ4n) is 3.03. The molecule has 2 aromatic rings. The Labute approximate surface area is 154 Å². The average molecular weight is 352 g/mol. The molecule has 5 heteroatoms. The van der Waals surface area contributed by atoms with Gasteiger partial charge in [0.1, 0.15) is 5.75 Å². The highest BCUT2D eigenvalue weighted by Crippen LogP contribution is 2.24. The number of rotatable bonds is 5. The molecule has 1 N–H and O–H groups in total. The summed E-state index contributed by atoms with van der Waals surface area (Å²) in [4.78, 5) is 26.1. The van der Waals surface area contributed by atoms with E-state index in [1.807, 2.05) is 51.1 Å². The second-order valence-corrected chi connectivity index (χ2v) is 6.79. The first-order chi connectivity index (χ1) is 12.4. The van der Waals surface area contributed by atoms with Crippen molar-refractivity contribution in [3.8, 4) is 5.75 Å². The van der Waals surface area contributed by atoms with Gasteiger partial charge >= 0.3 is 0 Å². The Kier molecular flexibility index (Phi) is 5.26. The minimum atomic E-state index is -0.176. The fraction of sp³-hybridized carbons (Fsp3) is 0.333. The summed E-state index contributed by atoms with van der Waals surface area (Å²) in [5, 5.41) is 2.93. The molecular formula is C21H24N2O3. The number of carbonyl (C=O) groups excluding carboxylic acids is 2. The van der Waals surface area contributed by atoms with Crippen molar-refractivity contribution < 1.29 is 14.3 Å². The Hall–Kier alpha value is -2.82. The number of ether oxygens (including phenoxy) is 1. The van der Waals surface area contributed by atoms with Crippen molar-refractivity contribution in [3.05, 3.63) is 53.6 Å². The fourth-order valence-corrected chi connectivity index (χ4v) is 3.03. The number of anilines is 2. The van der Waals surface area contributed by atoms with E-state index in [1.54, 1.807) is 17.0 Å². The van der Waals surface area contributed by atoms with Crippen molar-refractivity contribution in [2.24, 2.45) is 0 Å². The minimum absolute atomic E-state index is 0.107. The minimum Gasteiger partial charge on any atom is -0.491 e. The van der Waals surface area contributed by atoms with Gasteiger partial charge in [0.15, 0.2) is 0 Å². The standard InChI is InChI=1S/C21H24N2O3/c1-14(2)26-18-10-11-19(15(3)13-18)22-21(25)16-6-8-17(9-7-16)23-12-4-5-20(23)24/h6-11,13-14H,4-5,12H2,1-3H3,(H,22,25). The monoisotopic (exact) mass is 352 g/mol. The molecule has 1 aliphatic rings. The van der Waals surface area contributed by atoms with Gasteiger partial charge in [0.2, 0.25) is 5.91 Å². The number of amides is 2. The van der Waals surface area contributed by atoms with Crippen LogP contribution in [0.5, 0.6) is 5.75 Å². The smallest absolute Gasteiger partial charge is 0.255 e. The normalized spacial score (nSPS) is 14.0. The molecule has 0 saturated carbocycles. The molecule has 0 aromatic heterocycles. The van der Waals surface area contributed by atoms with Gasteiger partial charge in [0.25, 0.3) is 5.91 Å². The third-order valence-corrected chi connectivity index (χ3v) is 4.33. The average Bonchev–Trinajstić information content (AvgIpc) is 3.03. The molecular weight excluding hydrogens is 328 g/mol. The van der Waals surface area contributed by atoms with Crippen LogP contribution in [0.3, 0.4) is 0 Å². The summed E-state index contributed by atoms with van der Waals surface area (Å²) in [5.74, 6) is 0.751. The van der Waals surface area contributed by atoms with Gasteiger partial charge < -0.3 is 15.0 Å². The van der Waals surface area contributed by atoms with Crippen molar-refractivity contribution in [3.63, 3.8) is 0 Å². The molecule has 1 fully saturated rings. The largest absolute Gasteiger partial charge is 0.491 e. The topological polar surface area (TPSA) is 58.6 Å². The van der Waals surface area contributed by atoms with Gasteiger partial charge in [-0.15, -0.1) is 0 Å². The molecule has 2 amide bonds. The molecule has 0 radical (unpaired) electrons. The van der Waals surface area contributed by atoms with Crippen LogP contribution in [0.25, 0.3) is 0 Å². The van der Waals surface area contributed by atoms with Crippen molar-refractivity contribution in [2.45, 2.75) is 39.7 Å². The zero-order valence-corrected chi connectivity index (χ0v) is 15.4. The van der Waals surface area contributed by atoms with E-state index in [-0.39, 0.29) is 17.9 Å². The van der Waals surface area contributed by atoms with Crippen LogP contribution >= 0.6 is 0 Å². The molecule has 1 heterocycles. The Bertz CT molecular complexity index is 813. The molecule has 0 aliphatic carbocycles. The molecule has 26 heavy (non-hydrogen) atoms. The summed E-state index contributed by atoms with van der Waals surface area (Å²) >= 11 is 0. The van der Waals surface area contributed by atoms with Gasteiger partial charge in [-0.3, -0.25) is 9.59 Å². The molecule has 2 aromatic carbocycles. The van der Waals surface area contributed by atoms with Crippen LogP contribution in [0.4, 0.5) is 11.4 Å². The first kappa shape index (κ1) is 18.0. The van der Waals surface area contributed by atoms with Crippen LogP contribution in [0, 0.1) is 6.92 Å². The van der Waals surface area contributed by atoms with Crippen LogP contribution in [-0.4, -0.2) is 24.5 Å². The number of nitrogens with one attached hydrogen (secondary N) is 1. The Balaban J connectivity index is 1.69. The van der Waals surface area contributed by atoms with E-state index in [4.69, 9.17) is 4.74 Å². The predicted octanol–water partition coefficient (Wildman–Crippen LogP) is 4.16. The highest BCUT2D eigenvalue weighted by Gasteiger charge is 2.21. The lowest BCUT2D eigenvalue weighted by molar-refractivity contribution is -0.117. The van der Waals surface area contributed by atoms with Gasteiger partial charge in [-0.2, -0.15) is 0 Å². The van der Waals surface area contributed by atoms with Crippen LogP contribution in [0.2, 0.25) is 0 Å². The Morgan fingerprint density at radius 2 is 1.88 bits per heavy atom. The van der Waals surface area contributed by atoms with Crippen LogP contribution < -0.4 is 15.0 Å². The third kappa shape index (κ3) is 4.04. The predicted molar refractivity (Wildman–Crippen MR) is 103 cm³/mol. The van der Waals surface area contributed by atoms with E-state index in [0.29, 0.717) is 12.0 Å². The first-order valence-electron chi connectivity index (χ1n) is 8.93. The maximum absolute atomic E-state index is 12.5. The molecule has 0 bridgehead atoms. The van der Waals surface area contributed by atoms with Crippen molar-refractivity contribution >= 4 is 23.2 Å². The number of benzene rings is 2. The van der Waals surface area contributed by atoms with Gasteiger partial charge in [0.05, 0.1) is 6.10 Å². The number of hydrogen-bond donors (Lipinski definition) is 1. The summed E-state index contributed by atoms with van der Waals surface area (Å²) in [5.41, 5.74) is 3.10. The molecule has 5 nitrogen and oxygen atoms in total. The molecule has 1 aliphatic heterocycles. The van der Waals surface area contributed by atoms with Gasteiger partial charge in [-0.05, 0) is 75.2 Å². The third-order valence-electron chi connectivity index (χ3n) is 4.33. The van der Waals surface area contributed by atoms with E-state index in [1.165, 1.54) is 0 Å².